The van der Waals surface area contributed by atoms with E-state index >= 15 is 0 Å². The van der Waals surface area contributed by atoms with Gasteiger partial charge in [0.15, 0.2) is 0 Å². The van der Waals surface area contributed by atoms with Gasteiger partial charge in [0.2, 0.25) is 0 Å². The zero-order valence-corrected chi connectivity index (χ0v) is 13.2. The molecular formula is C17H32N2. The highest BCUT2D eigenvalue weighted by molar-refractivity contribution is 5.01. The third-order valence-electron chi connectivity index (χ3n) is 6.23. The zero-order chi connectivity index (χ0) is 13.5. The molecule has 0 radical (unpaired) electrons. The minimum atomic E-state index is 0.537. The molecule has 110 valence electrons. The van der Waals surface area contributed by atoms with Crippen LogP contribution in [0.25, 0.3) is 0 Å². The lowest BCUT2D eigenvalue weighted by Crippen LogP contribution is -2.54. The summed E-state index contributed by atoms with van der Waals surface area (Å²) in [5, 5.41) is 3.57. The van der Waals surface area contributed by atoms with Gasteiger partial charge in [-0.2, -0.15) is 0 Å². The van der Waals surface area contributed by atoms with E-state index in [0.29, 0.717) is 5.41 Å². The van der Waals surface area contributed by atoms with Gasteiger partial charge >= 0.3 is 0 Å². The number of hydrogen-bond acceptors (Lipinski definition) is 2. The van der Waals surface area contributed by atoms with E-state index in [1.807, 2.05) is 0 Å². The van der Waals surface area contributed by atoms with Crippen LogP contribution in [-0.4, -0.2) is 37.1 Å². The SMILES string of the molecule is CC(C)(C)C1CC2(CCN(C3CCCNC3)CC2)C1. The van der Waals surface area contributed by atoms with Crippen LogP contribution >= 0.6 is 0 Å². The molecule has 1 aliphatic carbocycles. The fourth-order valence-corrected chi connectivity index (χ4v) is 4.51. The monoisotopic (exact) mass is 264 g/mol. The number of nitrogens with zero attached hydrogens (tertiary/aromatic N) is 1. The van der Waals surface area contributed by atoms with Gasteiger partial charge in [0.25, 0.3) is 0 Å². The van der Waals surface area contributed by atoms with E-state index in [9.17, 15) is 0 Å². The maximum atomic E-state index is 3.57. The van der Waals surface area contributed by atoms with Crippen LogP contribution < -0.4 is 5.32 Å². The molecule has 2 aliphatic heterocycles. The summed E-state index contributed by atoms with van der Waals surface area (Å²) in [6, 6.07) is 0.838. The molecule has 0 aromatic rings. The molecule has 1 unspecified atom stereocenters. The van der Waals surface area contributed by atoms with Crippen LogP contribution in [0.2, 0.25) is 0 Å². The molecule has 1 saturated carbocycles. The zero-order valence-electron chi connectivity index (χ0n) is 13.2. The number of likely N-dealkylation sites (tertiary alicyclic amines) is 1. The maximum absolute atomic E-state index is 3.57. The van der Waals surface area contributed by atoms with Gasteiger partial charge in [0.05, 0.1) is 0 Å². The summed E-state index contributed by atoms with van der Waals surface area (Å²) in [7, 11) is 0. The van der Waals surface area contributed by atoms with E-state index in [1.54, 1.807) is 0 Å². The van der Waals surface area contributed by atoms with Gasteiger partial charge in [-0.25, -0.2) is 0 Å². The quantitative estimate of drug-likeness (QED) is 0.782. The van der Waals surface area contributed by atoms with Crippen molar-refractivity contribution in [3.8, 4) is 0 Å². The molecular weight excluding hydrogens is 232 g/mol. The van der Waals surface area contributed by atoms with E-state index in [-0.39, 0.29) is 0 Å². The van der Waals surface area contributed by atoms with Crippen LogP contribution in [0.5, 0.6) is 0 Å². The molecule has 1 N–H and O–H groups in total. The Morgan fingerprint density at radius 2 is 1.79 bits per heavy atom. The van der Waals surface area contributed by atoms with Crippen LogP contribution in [0.3, 0.4) is 0 Å². The molecule has 0 aromatic carbocycles. The summed E-state index contributed by atoms with van der Waals surface area (Å²) in [6.07, 6.45) is 8.75. The lowest BCUT2D eigenvalue weighted by molar-refractivity contribution is -0.0641. The van der Waals surface area contributed by atoms with E-state index < -0.39 is 0 Å². The minimum absolute atomic E-state index is 0.537. The van der Waals surface area contributed by atoms with Crippen LogP contribution in [0.4, 0.5) is 0 Å². The highest BCUT2D eigenvalue weighted by Gasteiger charge is 2.49. The van der Waals surface area contributed by atoms with Crippen molar-refractivity contribution in [1.29, 1.82) is 0 Å². The average molecular weight is 264 g/mol. The smallest absolute Gasteiger partial charge is 0.0221 e. The molecule has 2 heteroatoms. The summed E-state index contributed by atoms with van der Waals surface area (Å²) in [6.45, 7) is 12.5. The Morgan fingerprint density at radius 3 is 2.32 bits per heavy atom. The van der Waals surface area contributed by atoms with Crippen molar-refractivity contribution in [2.75, 3.05) is 26.2 Å². The Bertz CT molecular complexity index is 296. The molecule has 2 heterocycles. The molecule has 0 bridgehead atoms. The standard InChI is InChI=1S/C17H32N2/c1-16(2,3)14-11-17(12-14)6-9-19(10-7-17)15-5-4-8-18-13-15/h14-15,18H,4-13H2,1-3H3. The molecule has 0 aromatic heterocycles. The van der Waals surface area contributed by atoms with Crippen molar-refractivity contribution in [3.05, 3.63) is 0 Å². The third kappa shape index (κ3) is 2.85. The molecule has 1 atom stereocenters. The predicted octanol–water partition coefficient (Wildman–Crippen LogP) is 3.28. The highest BCUT2D eigenvalue weighted by atomic mass is 15.2. The van der Waals surface area contributed by atoms with Gasteiger partial charge in [-0.15, -0.1) is 0 Å². The molecule has 19 heavy (non-hydrogen) atoms. The Balaban J connectivity index is 1.48. The first-order valence-electron chi connectivity index (χ1n) is 8.43. The number of piperidine rings is 2. The van der Waals surface area contributed by atoms with E-state index in [2.05, 4.69) is 31.0 Å². The van der Waals surface area contributed by atoms with Crippen LogP contribution in [-0.2, 0) is 0 Å². The van der Waals surface area contributed by atoms with Crippen molar-refractivity contribution in [3.63, 3.8) is 0 Å². The first-order valence-corrected chi connectivity index (χ1v) is 8.43. The van der Waals surface area contributed by atoms with Crippen molar-refractivity contribution in [1.82, 2.24) is 10.2 Å². The summed E-state index contributed by atoms with van der Waals surface area (Å²) >= 11 is 0. The summed E-state index contributed by atoms with van der Waals surface area (Å²) in [5.74, 6) is 0.982. The normalized spacial score (nSPS) is 33.3. The van der Waals surface area contributed by atoms with E-state index in [4.69, 9.17) is 0 Å². The maximum Gasteiger partial charge on any atom is 0.0221 e. The highest BCUT2D eigenvalue weighted by Crippen LogP contribution is 2.57. The number of hydrogen-bond donors (Lipinski definition) is 1. The first-order chi connectivity index (χ1) is 8.99. The Labute approximate surface area is 119 Å². The van der Waals surface area contributed by atoms with E-state index in [1.165, 1.54) is 64.7 Å². The number of rotatable bonds is 1. The molecule has 1 spiro atoms. The van der Waals surface area contributed by atoms with E-state index in [0.717, 1.165) is 17.4 Å². The third-order valence-corrected chi connectivity index (χ3v) is 6.23. The number of nitrogens with one attached hydrogen (secondary N) is 1. The molecule has 3 rings (SSSR count). The minimum Gasteiger partial charge on any atom is -0.315 e. The van der Waals surface area contributed by atoms with Crippen LogP contribution in [0, 0.1) is 16.7 Å². The van der Waals surface area contributed by atoms with Gasteiger partial charge in [-0.05, 0) is 74.9 Å². The second-order valence-corrected chi connectivity index (χ2v) is 8.51. The Morgan fingerprint density at radius 1 is 1.11 bits per heavy atom. The summed E-state index contributed by atoms with van der Waals surface area (Å²) in [5.41, 5.74) is 1.28. The van der Waals surface area contributed by atoms with Gasteiger partial charge in [0, 0.05) is 12.6 Å². The van der Waals surface area contributed by atoms with Crippen molar-refractivity contribution >= 4 is 0 Å². The largest absolute Gasteiger partial charge is 0.315 e. The summed E-state index contributed by atoms with van der Waals surface area (Å²) < 4.78 is 0. The Kier molecular flexibility index (Phi) is 3.68. The van der Waals surface area contributed by atoms with Gasteiger partial charge in [-0.1, -0.05) is 20.8 Å². The molecule has 3 aliphatic rings. The van der Waals surface area contributed by atoms with Crippen LogP contribution in [0.1, 0.15) is 59.3 Å². The van der Waals surface area contributed by atoms with Crippen molar-refractivity contribution in [2.45, 2.75) is 65.3 Å². The molecule has 0 amide bonds. The topological polar surface area (TPSA) is 15.3 Å². The molecule has 2 nitrogen and oxygen atoms in total. The van der Waals surface area contributed by atoms with Gasteiger partial charge < -0.3 is 5.32 Å². The molecule has 3 fully saturated rings. The average Bonchev–Trinajstić information content (AvgIpc) is 2.36. The Hall–Kier alpha value is -0.0800. The predicted molar refractivity (Wildman–Crippen MR) is 81.3 cm³/mol. The molecule has 2 saturated heterocycles. The van der Waals surface area contributed by atoms with Crippen molar-refractivity contribution in [2.24, 2.45) is 16.7 Å². The van der Waals surface area contributed by atoms with Gasteiger partial charge in [-0.3, -0.25) is 4.90 Å². The van der Waals surface area contributed by atoms with Crippen LogP contribution in [0.15, 0.2) is 0 Å². The van der Waals surface area contributed by atoms with Gasteiger partial charge in [0.1, 0.15) is 0 Å². The fraction of sp³-hybridized carbons (Fsp3) is 1.00. The second kappa shape index (κ2) is 5.04. The summed E-state index contributed by atoms with van der Waals surface area (Å²) in [4.78, 5) is 2.78. The fourth-order valence-electron chi connectivity index (χ4n) is 4.51. The second-order valence-electron chi connectivity index (χ2n) is 8.51. The lowest BCUT2D eigenvalue weighted by atomic mass is 9.51. The first kappa shape index (κ1) is 13.9. The lowest BCUT2D eigenvalue weighted by Gasteiger charge is -2.57. The van der Waals surface area contributed by atoms with Crippen molar-refractivity contribution < 1.29 is 0 Å².